The molecule has 2 nitrogen and oxygen atoms in total. The smallest absolute Gasteiger partial charge is 0.135 e. The highest BCUT2D eigenvalue weighted by molar-refractivity contribution is 5.94. The molecule has 0 heterocycles. The summed E-state index contributed by atoms with van der Waals surface area (Å²) >= 11 is 0. The van der Waals surface area contributed by atoms with Crippen molar-refractivity contribution in [3.63, 3.8) is 0 Å². The molecule has 9 aromatic rings. The average Bonchev–Trinajstić information content (AvgIpc) is 3.24. The van der Waals surface area contributed by atoms with Gasteiger partial charge in [0.05, 0.1) is 0 Å². The van der Waals surface area contributed by atoms with Gasteiger partial charge >= 0.3 is 0 Å². The van der Waals surface area contributed by atoms with E-state index in [9.17, 15) is 0 Å². The minimum atomic E-state index is 0.828. The second kappa shape index (κ2) is 13.6. The zero-order valence-corrected chi connectivity index (χ0v) is 29.8. The number of ether oxygens (including phenoxy) is 1. The monoisotopic (exact) mass is 691 g/mol. The first-order chi connectivity index (χ1) is 26.7. The van der Waals surface area contributed by atoms with Crippen LogP contribution in [0.4, 0.5) is 11.4 Å². The number of fused-ring (bicyclic) bond motifs is 4. The van der Waals surface area contributed by atoms with Crippen molar-refractivity contribution < 1.29 is 4.74 Å². The molecule has 0 aromatic heterocycles. The first-order valence-electron chi connectivity index (χ1n) is 18.7. The van der Waals surface area contributed by atoms with Crippen molar-refractivity contribution >= 4 is 55.0 Å². The normalized spacial score (nSPS) is 12.6. The van der Waals surface area contributed by atoms with Gasteiger partial charge in [-0.3, -0.25) is 0 Å². The van der Waals surface area contributed by atoms with Crippen molar-refractivity contribution in [2.75, 3.05) is 4.90 Å². The number of hydrogen-bond donors (Lipinski definition) is 0. The Labute approximate surface area is 315 Å². The Hall–Kier alpha value is -6.90. The van der Waals surface area contributed by atoms with E-state index in [0.717, 1.165) is 35.3 Å². The van der Waals surface area contributed by atoms with Crippen molar-refractivity contribution in [1.29, 1.82) is 0 Å². The highest BCUT2D eigenvalue weighted by Gasteiger charge is 2.21. The van der Waals surface area contributed by atoms with Crippen molar-refractivity contribution in [1.82, 2.24) is 0 Å². The number of benzene rings is 9. The van der Waals surface area contributed by atoms with Gasteiger partial charge in [0, 0.05) is 27.7 Å². The molecular weight excluding hydrogens is 655 g/mol. The van der Waals surface area contributed by atoms with E-state index in [4.69, 9.17) is 4.74 Å². The first kappa shape index (κ1) is 31.8. The lowest BCUT2D eigenvalue weighted by Gasteiger charge is -2.31. The number of nitrogens with zero attached hydrogens (tertiary/aromatic N) is 1. The van der Waals surface area contributed by atoms with Gasteiger partial charge in [0.1, 0.15) is 11.5 Å². The van der Waals surface area contributed by atoms with Gasteiger partial charge in [-0.05, 0) is 110 Å². The molecule has 0 unspecified atom stereocenters. The summed E-state index contributed by atoms with van der Waals surface area (Å²) in [6.07, 6.45) is 1.87. The van der Waals surface area contributed by atoms with Crippen LogP contribution in [-0.2, 0) is 0 Å². The molecule has 0 amide bonds. The maximum absolute atomic E-state index is 6.33. The van der Waals surface area contributed by atoms with Gasteiger partial charge < -0.3 is 9.64 Å². The summed E-state index contributed by atoms with van der Waals surface area (Å²) < 4.78 is 6.33. The minimum absolute atomic E-state index is 0.828. The third kappa shape index (κ3) is 5.88. The molecule has 0 fully saturated rings. The molecule has 9 aromatic carbocycles. The summed E-state index contributed by atoms with van der Waals surface area (Å²) in [5.74, 6) is 1.70. The molecule has 54 heavy (non-hydrogen) atoms. The molecule has 0 saturated carbocycles. The summed E-state index contributed by atoms with van der Waals surface area (Å²) in [4.78, 5) is 2.49. The van der Waals surface area contributed by atoms with E-state index in [1.54, 1.807) is 0 Å². The van der Waals surface area contributed by atoms with Crippen LogP contribution in [0.3, 0.4) is 0 Å². The summed E-state index contributed by atoms with van der Waals surface area (Å²) in [6.45, 7) is 0. The van der Waals surface area contributed by atoms with Crippen molar-refractivity contribution in [3.8, 4) is 22.6 Å². The topological polar surface area (TPSA) is 12.5 Å². The maximum atomic E-state index is 6.33. The molecule has 10 rings (SSSR count). The van der Waals surface area contributed by atoms with Crippen LogP contribution in [0.2, 0.25) is 0 Å². The van der Waals surface area contributed by atoms with Crippen LogP contribution in [0.5, 0.6) is 11.5 Å². The van der Waals surface area contributed by atoms with Crippen molar-refractivity contribution in [2.24, 2.45) is 0 Å². The average molecular weight is 692 g/mol. The predicted molar refractivity (Wildman–Crippen MR) is 227 cm³/mol. The zero-order valence-electron chi connectivity index (χ0n) is 29.8. The van der Waals surface area contributed by atoms with Crippen LogP contribution in [0.15, 0.2) is 200 Å². The van der Waals surface area contributed by atoms with E-state index in [-0.39, 0.29) is 0 Å². The Morgan fingerprint density at radius 3 is 1.56 bits per heavy atom. The summed E-state index contributed by atoms with van der Waals surface area (Å²) in [5, 5.41) is 9.84. The van der Waals surface area contributed by atoms with E-state index >= 15 is 0 Å². The van der Waals surface area contributed by atoms with Gasteiger partial charge in [-0.15, -0.1) is 0 Å². The van der Waals surface area contributed by atoms with Gasteiger partial charge in [0.25, 0.3) is 0 Å². The second-order valence-electron chi connectivity index (χ2n) is 14.1. The Balaban J connectivity index is 1.02. The van der Waals surface area contributed by atoms with Crippen LogP contribution in [0, 0.1) is 0 Å². The second-order valence-corrected chi connectivity index (χ2v) is 14.1. The molecule has 0 N–H and O–H groups in total. The fourth-order valence-corrected chi connectivity index (χ4v) is 8.13. The lowest BCUT2D eigenvalue weighted by molar-refractivity contribution is 0.488. The first-order valence-corrected chi connectivity index (χ1v) is 18.7. The zero-order chi connectivity index (χ0) is 35.8. The van der Waals surface area contributed by atoms with Crippen LogP contribution in [-0.4, -0.2) is 0 Å². The Kier molecular flexibility index (Phi) is 8.00. The van der Waals surface area contributed by atoms with Crippen molar-refractivity contribution in [2.45, 2.75) is 12.8 Å². The largest absolute Gasteiger partial charge is 0.457 e. The molecule has 2 heteroatoms. The third-order valence-electron chi connectivity index (χ3n) is 10.8. The number of rotatable bonds is 7. The maximum Gasteiger partial charge on any atom is 0.135 e. The predicted octanol–water partition coefficient (Wildman–Crippen LogP) is 12.5. The fraction of sp³-hybridized carbons (Fsp3) is 0.0385. The summed E-state index contributed by atoms with van der Waals surface area (Å²) in [5.41, 5.74) is 8.68. The minimum Gasteiger partial charge on any atom is -0.457 e. The van der Waals surface area contributed by atoms with Crippen LogP contribution >= 0.6 is 0 Å². The van der Waals surface area contributed by atoms with Gasteiger partial charge in [0.15, 0.2) is 0 Å². The molecule has 0 spiro atoms. The van der Waals surface area contributed by atoms with Gasteiger partial charge in [-0.2, -0.15) is 0 Å². The number of anilines is 2. The van der Waals surface area contributed by atoms with Gasteiger partial charge in [-0.1, -0.05) is 158 Å². The molecule has 1 aliphatic carbocycles. The SMILES string of the molecule is c1ccc2c(c1)=C(c1ccc(-c3ccc(Oc4cccc5ccccc45)cc3)cc1)CCC=2N(c1ccc2ccccc2c1)c1ccc2ccccc2c1. The van der Waals surface area contributed by atoms with E-state index in [2.05, 4.69) is 193 Å². The molecule has 1 aliphatic rings. The molecule has 0 bridgehead atoms. The summed E-state index contributed by atoms with van der Waals surface area (Å²) in [6, 6.07) is 71.9. The molecule has 256 valence electrons. The molecule has 0 saturated heterocycles. The van der Waals surface area contributed by atoms with Crippen LogP contribution in [0.25, 0.3) is 54.7 Å². The molecule has 0 aliphatic heterocycles. The Bertz CT molecular complexity index is 2880. The van der Waals surface area contributed by atoms with Gasteiger partial charge in [-0.25, -0.2) is 0 Å². The number of hydrogen-bond acceptors (Lipinski definition) is 2. The van der Waals surface area contributed by atoms with Crippen molar-refractivity contribution in [3.05, 3.63) is 216 Å². The van der Waals surface area contributed by atoms with Crippen LogP contribution in [0.1, 0.15) is 18.4 Å². The summed E-state index contributed by atoms with van der Waals surface area (Å²) in [7, 11) is 0. The molecule has 0 radical (unpaired) electrons. The third-order valence-corrected chi connectivity index (χ3v) is 10.8. The van der Waals surface area contributed by atoms with Gasteiger partial charge in [0.2, 0.25) is 0 Å². The van der Waals surface area contributed by atoms with E-state index in [1.165, 1.54) is 71.1 Å². The Morgan fingerprint density at radius 1 is 0.370 bits per heavy atom. The van der Waals surface area contributed by atoms with Crippen LogP contribution < -0.4 is 20.1 Å². The lowest BCUT2D eigenvalue weighted by atomic mass is 9.90. The highest BCUT2D eigenvalue weighted by Crippen LogP contribution is 2.38. The van der Waals surface area contributed by atoms with E-state index in [0.29, 0.717) is 0 Å². The quantitative estimate of drug-likeness (QED) is 0.165. The Morgan fingerprint density at radius 2 is 0.889 bits per heavy atom. The lowest BCUT2D eigenvalue weighted by Crippen LogP contribution is -2.37. The molecule has 0 atom stereocenters. The standard InChI is InChI=1S/C52H37NO/c1-3-13-42-34-44(28-24-36(42)10-1)53(45-29-25-37-11-2-4-14-43(37)35-45)51-33-32-47(49-17-7-8-18-50(49)51)41-22-20-38(21-23-41)39-26-30-46(31-27-39)54-52-19-9-15-40-12-5-6-16-48(40)52/h1-31,34-35H,32-33H2. The highest BCUT2D eigenvalue weighted by atomic mass is 16.5. The molecular formula is C52H37NO. The van der Waals surface area contributed by atoms with E-state index in [1.807, 2.05) is 12.1 Å². The van der Waals surface area contributed by atoms with E-state index < -0.39 is 0 Å². The fourth-order valence-electron chi connectivity index (χ4n) is 8.13.